The summed E-state index contributed by atoms with van der Waals surface area (Å²) in [5.41, 5.74) is 13.1. The average molecular weight is 514 g/mol. The lowest BCUT2D eigenvalue weighted by atomic mass is 9.73. The molecule has 1 aromatic carbocycles. The van der Waals surface area contributed by atoms with E-state index in [1.807, 2.05) is 36.8 Å². The number of halogens is 2. The van der Waals surface area contributed by atoms with Gasteiger partial charge in [0, 0.05) is 26.2 Å². The maximum absolute atomic E-state index is 6.84. The van der Waals surface area contributed by atoms with Crippen LogP contribution in [0.1, 0.15) is 35.7 Å². The minimum Gasteiger partial charge on any atom is -0.497 e. The number of nitrogens with zero attached hydrogens (tertiary/aromatic N) is 6. The van der Waals surface area contributed by atoms with E-state index in [1.165, 1.54) is 11.1 Å². The highest BCUT2D eigenvalue weighted by molar-refractivity contribution is 6.32. The molecule has 1 atom stereocenters. The lowest BCUT2D eigenvalue weighted by Crippen LogP contribution is -2.44. The van der Waals surface area contributed by atoms with Gasteiger partial charge < -0.3 is 15.4 Å². The van der Waals surface area contributed by atoms with Crippen LogP contribution in [0.4, 0.5) is 5.82 Å². The van der Waals surface area contributed by atoms with Crippen molar-refractivity contribution in [3.8, 4) is 17.0 Å². The van der Waals surface area contributed by atoms with Crippen LogP contribution in [0.15, 0.2) is 36.7 Å². The van der Waals surface area contributed by atoms with Gasteiger partial charge in [0.15, 0.2) is 5.82 Å². The zero-order valence-corrected chi connectivity index (χ0v) is 21.6. The number of methoxy groups -OCH3 is 1. The van der Waals surface area contributed by atoms with E-state index < -0.39 is 0 Å². The van der Waals surface area contributed by atoms with Gasteiger partial charge in [0.25, 0.3) is 0 Å². The second kappa shape index (κ2) is 8.69. The molecular weight excluding hydrogens is 485 g/mol. The predicted octanol–water partition coefficient (Wildman–Crippen LogP) is 4.36. The summed E-state index contributed by atoms with van der Waals surface area (Å²) in [7, 11) is 3.53. The summed E-state index contributed by atoms with van der Waals surface area (Å²) in [6, 6.07) is 8.38. The van der Waals surface area contributed by atoms with E-state index in [0.717, 1.165) is 66.4 Å². The summed E-state index contributed by atoms with van der Waals surface area (Å²) < 4.78 is 9.03. The van der Waals surface area contributed by atoms with Crippen LogP contribution in [0, 0.1) is 12.3 Å². The Kier molecular flexibility index (Phi) is 5.94. The van der Waals surface area contributed by atoms with Crippen LogP contribution in [-0.2, 0) is 13.5 Å². The first-order chi connectivity index (χ1) is 16.4. The van der Waals surface area contributed by atoms with Gasteiger partial charge in [0.1, 0.15) is 16.4 Å². The summed E-state index contributed by atoms with van der Waals surface area (Å²) in [5, 5.41) is 9.48. The van der Waals surface area contributed by atoms with Crippen LogP contribution in [-0.4, -0.2) is 44.6 Å². The number of benzene rings is 1. The van der Waals surface area contributed by atoms with Gasteiger partial charge in [-0.15, -0.1) is 12.4 Å². The molecular formula is C25H29Cl2N7O. The van der Waals surface area contributed by atoms with Gasteiger partial charge in [-0.25, -0.2) is 9.50 Å². The number of aryl methyl sites for hydroxylation is 2. The topological polar surface area (TPSA) is 86.5 Å². The zero-order chi connectivity index (χ0) is 23.6. The Morgan fingerprint density at radius 1 is 1.17 bits per heavy atom. The van der Waals surface area contributed by atoms with Crippen LogP contribution in [0.25, 0.3) is 16.8 Å². The average Bonchev–Trinajstić information content (AvgIpc) is 3.52. The second-order valence-corrected chi connectivity index (χ2v) is 9.90. The first-order valence-corrected chi connectivity index (χ1v) is 12.0. The van der Waals surface area contributed by atoms with Crippen molar-refractivity contribution in [3.05, 3.63) is 58.6 Å². The van der Waals surface area contributed by atoms with Gasteiger partial charge in [-0.2, -0.15) is 10.2 Å². The first-order valence-electron chi connectivity index (χ1n) is 11.6. The summed E-state index contributed by atoms with van der Waals surface area (Å²) in [4.78, 5) is 7.42. The highest BCUT2D eigenvalue weighted by atomic mass is 35.5. The second-order valence-electron chi connectivity index (χ2n) is 9.54. The number of piperidine rings is 1. The van der Waals surface area contributed by atoms with E-state index in [9.17, 15) is 0 Å². The number of aromatic nitrogens is 5. The van der Waals surface area contributed by atoms with Crippen molar-refractivity contribution >= 4 is 35.3 Å². The highest BCUT2D eigenvalue weighted by Crippen LogP contribution is 2.52. The molecule has 10 heteroatoms. The van der Waals surface area contributed by atoms with E-state index in [0.29, 0.717) is 5.15 Å². The Balaban J connectivity index is 0.00000253. The molecule has 0 amide bonds. The molecule has 1 spiro atoms. The number of hydrogen-bond donors (Lipinski definition) is 1. The third-order valence-corrected chi connectivity index (χ3v) is 8.22. The van der Waals surface area contributed by atoms with Gasteiger partial charge in [0.2, 0.25) is 0 Å². The van der Waals surface area contributed by atoms with E-state index in [1.54, 1.807) is 18.0 Å². The van der Waals surface area contributed by atoms with Crippen molar-refractivity contribution in [3.63, 3.8) is 0 Å². The van der Waals surface area contributed by atoms with Crippen LogP contribution < -0.4 is 15.4 Å². The van der Waals surface area contributed by atoms with E-state index in [-0.39, 0.29) is 23.9 Å². The molecule has 0 bridgehead atoms. The summed E-state index contributed by atoms with van der Waals surface area (Å²) >= 11 is 6.51. The number of nitrogens with two attached hydrogens (primary N) is 1. The van der Waals surface area contributed by atoms with Crippen LogP contribution in [0.3, 0.4) is 0 Å². The predicted molar refractivity (Wildman–Crippen MR) is 140 cm³/mol. The van der Waals surface area contributed by atoms with Gasteiger partial charge in [-0.05, 0) is 60.9 Å². The number of hydrogen-bond acceptors (Lipinski definition) is 6. The molecule has 184 valence electrons. The van der Waals surface area contributed by atoms with Gasteiger partial charge in [0.05, 0.1) is 36.5 Å². The molecule has 8 nitrogen and oxygen atoms in total. The fourth-order valence-electron chi connectivity index (χ4n) is 5.82. The van der Waals surface area contributed by atoms with Crippen molar-refractivity contribution in [1.29, 1.82) is 0 Å². The molecule has 35 heavy (non-hydrogen) atoms. The normalized spacial score (nSPS) is 18.7. The minimum absolute atomic E-state index is 0. The molecule has 2 aliphatic rings. The first kappa shape index (κ1) is 23.9. The number of fused-ring (bicyclic) bond motifs is 2. The molecule has 2 N–H and O–H groups in total. The van der Waals surface area contributed by atoms with E-state index >= 15 is 0 Å². The van der Waals surface area contributed by atoms with Gasteiger partial charge >= 0.3 is 0 Å². The molecule has 4 heterocycles. The Morgan fingerprint density at radius 2 is 1.94 bits per heavy atom. The van der Waals surface area contributed by atoms with E-state index in [2.05, 4.69) is 27.2 Å². The largest absolute Gasteiger partial charge is 0.497 e. The van der Waals surface area contributed by atoms with Crippen molar-refractivity contribution in [1.82, 2.24) is 24.4 Å². The fourth-order valence-corrected chi connectivity index (χ4v) is 6.00. The summed E-state index contributed by atoms with van der Waals surface area (Å²) in [6.07, 6.45) is 6.64. The Labute approximate surface area is 215 Å². The van der Waals surface area contributed by atoms with Crippen LogP contribution in [0.5, 0.6) is 5.75 Å². The van der Waals surface area contributed by atoms with E-state index in [4.69, 9.17) is 27.1 Å². The van der Waals surface area contributed by atoms with Crippen molar-refractivity contribution in [2.24, 2.45) is 18.2 Å². The maximum Gasteiger partial charge on any atom is 0.155 e. The molecule has 1 fully saturated rings. The SMILES string of the molecule is COc1ccc2c(c1)[C@@H](N)C1(CCN(c3nc(C)c(-c4cnn(C)c4Cl)n4nccc34)CC1)C2.Cl. The van der Waals surface area contributed by atoms with Gasteiger partial charge in [-0.1, -0.05) is 17.7 Å². The minimum atomic E-state index is 0. The molecule has 1 aliphatic heterocycles. The number of anilines is 1. The van der Waals surface area contributed by atoms with Crippen LogP contribution >= 0.6 is 24.0 Å². The quantitative estimate of drug-likeness (QED) is 0.437. The third-order valence-electron chi connectivity index (χ3n) is 7.77. The molecule has 0 radical (unpaired) electrons. The van der Waals surface area contributed by atoms with Crippen molar-refractivity contribution in [2.75, 3.05) is 25.1 Å². The highest BCUT2D eigenvalue weighted by Gasteiger charge is 2.46. The lowest BCUT2D eigenvalue weighted by Gasteiger charge is -2.42. The maximum atomic E-state index is 6.84. The molecule has 0 unspecified atom stereocenters. The molecule has 3 aromatic heterocycles. The molecule has 1 aliphatic carbocycles. The zero-order valence-electron chi connectivity index (χ0n) is 20.0. The van der Waals surface area contributed by atoms with Crippen molar-refractivity contribution < 1.29 is 4.74 Å². The Bertz CT molecular complexity index is 1400. The van der Waals surface area contributed by atoms with Gasteiger partial charge in [-0.3, -0.25) is 4.68 Å². The molecule has 0 saturated carbocycles. The standard InChI is InChI=1S/C25H28ClN7O.ClH/c1-15-21(19-14-29-31(2)23(19)26)33-20(6-9-28-33)24(30-15)32-10-7-25(8-11-32)13-16-4-5-17(34-3)12-18(16)22(25)27;/h4-6,9,12,14,22H,7-8,10-11,13,27H2,1-3H3;1H/t22-;/m1./s1. The Hall–Kier alpha value is -2.81. The molecule has 1 saturated heterocycles. The Morgan fingerprint density at radius 3 is 2.63 bits per heavy atom. The summed E-state index contributed by atoms with van der Waals surface area (Å²) in [6.45, 7) is 3.81. The third kappa shape index (κ3) is 3.58. The summed E-state index contributed by atoms with van der Waals surface area (Å²) in [5.74, 6) is 1.83. The molecule has 4 aromatic rings. The lowest BCUT2D eigenvalue weighted by molar-refractivity contribution is 0.187. The van der Waals surface area contributed by atoms with Crippen molar-refractivity contribution in [2.45, 2.75) is 32.2 Å². The smallest absolute Gasteiger partial charge is 0.155 e. The number of rotatable bonds is 3. The van der Waals surface area contributed by atoms with Crippen LogP contribution in [0.2, 0.25) is 5.15 Å². The molecule has 6 rings (SSSR count). The number of ether oxygens (including phenoxy) is 1. The fraction of sp³-hybridized carbons (Fsp3) is 0.400. The monoisotopic (exact) mass is 513 g/mol.